The first-order valence-electron chi connectivity index (χ1n) is 8.56. The Morgan fingerprint density at radius 1 is 1.11 bits per heavy atom. The number of amides is 2. The van der Waals surface area contributed by atoms with Crippen molar-refractivity contribution >= 4 is 29.1 Å². The van der Waals surface area contributed by atoms with Gasteiger partial charge in [-0.25, -0.2) is 4.98 Å². The van der Waals surface area contributed by atoms with Crippen molar-refractivity contribution in [1.82, 2.24) is 14.8 Å². The molecule has 1 aromatic heterocycles. The van der Waals surface area contributed by atoms with Gasteiger partial charge in [0.05, 0.1) is 12.8 Å². The van der Waals surface area contributed by atoms with Gasteiger partial charge in [0.1, 0.15) is 10.9 Å². The highest BCUT2D eigenvalue weighted by molar-refractivity contribution is 6.29. The summed E-state index contributed by atoms with van der Waals surface area (Å²) >= 11 is 5.84. The number of nitrogens with one attached hydrogen (secondary N) is 1. The van der Waals surface area contributed by atoms with Gasteiger partial charge in [0.2, 0.25) is 0 Å². The van der Waals surface area contributed by atoms with E-state index in [9.17, 15) is 9.59 Å². The molecule has 0 aliphatic carbocycles. The van der Waals surface area contributed by atoms with Crippen molar-refractivity contribution in [3.05, 3.63) is 52.8 Å². The van der Waals surface area contributed by atoms with Crippen LogP contribution in [0.1, 0.15) is 20.7 Å². The maximum absolute atomic E-state index is 12.8. The van der Waals surface area contributed by atoms with Gasteiger partial charge in [0.25, 0.3) is 11.8 Å². The molecule has 2 heterocycles. The van der Waals surface area contributed by atoms with Gasteiger partial charge in [-0.3, -0.25) is 9.59 Å². The molecule has 2 aromatic rings. The molecule has 2 amide bonds. The number of hydrogen-bond acceptors (Lipinski definition) is 5. The molecule has 1 saturated heterocycles. The summed E-state index contributed by atoms with van der Waals surface area (Å²) in [6, 6.07) is 8.06. The summed E-state index contributed by atoms with van der Waals surface area (Å²) in [6.45, 7) is 3.04. The van der Waals surface area contributed by atoms with Crippen LogP contribution in [0.5, 0.6) is 5.75 Å². The summed E-state index contributed by atoms with van der Waals surface area (Å²) in [5.74, 6) is 0.0495. The maximum Gasteiger partial charge on any atom is 0.255 e. The van der Waals surface area contributed by atoms with E-state index in [4.69, 9.17) is 16.3 Å². The zero-order chi connectivity index (χ0) is 19.4. The molecule has 0 spiro atoms. The predicted molar refractivity (Wildman–Crippen MR) is 104 cm³/mol. The number of halogens is 1. The van der Waals surface area contributed by atoms with E-state index in [1.807, 2.05) is 11.9 Å². The number of aromatic nitrogens is 1. The maximum atomic E-state index is 12.8. The van der Waals surface area contributed by atoms with Crippen molar-refractivity contribution in [1.29, 1.82) is 0 Å². The second-order valence-corrected chi connectivity index (χ2v) is 6.72. The average molecular weight is 389 g/mol. The zero-order valence-electron chi connectivity index (χ0n) is 15.2. The van der Waals surface area contributed by atoms with Gasteiger partial charge in [-0.15, -0.1) is 0 Å². The van der Waals surface area contributed by atoms with E-state index >= 15 is 0 Å². The smallest absolute Gasteiger partial charge is 0.255 e. The number of anilines is 1. The molecule has 7 nitrogen and oxygen atoms in total. The Labute approximate surface area is 162 Å². The largest absolute Gasteiger partial charge is 0.495 e. The number of likely N-dealkylation sites (N-methyl/N-ethyl adjacent to an activating group) is 1. The number of carbonyl (C=O) groups excluding carboxylic acids is 2. The van der Waals surface area contributed by atoms with E-state index in [0.717, 1.165) is 13.1 Å². The van der Waals surface area contributed by atoms with Gasteiger partial charge in [0.15, 0.2) is 0 Å². The van der Waals surface area contributed by atoms with E-state index in [1.165, 1.54) is 19.4 Å². The molecule has 27 heavy (non-hydrogen) atoms. The van der Waals surface area contributed by atoms with Crippen molar-refractivity contribution in [2.24, 2.45) is 0 Å². The zero-order valence-corrected chi connectivity index (χ0v) is 16.0. The van der Waals surface area contributed by atoms with Crippen LogP contribution in [-0.4, -0.2) is 66.9 Å². The molecule has 0 radical (unpaired) electrons. The van der Waals surface area contributed by atoms with E-state index in [-0.39, 0.29) is 17.0 Å². The van der Waals surface area contributed by atoms with Crippen LogP contribution in [0.4, 0.5) is 5.69 Å². The van der Waals surface area contributed by atoms with Gasteiger partial charge in [-0.1, -0.05) is 11.6 Å². The minimum Gasteiger partial charge on any atom is -0.495 e. The Kier molecular flexibility index (Phi) is 5.93. The van der Waals surface area contributed by atoms with Crippen LogP contribution in [-0.2, 0) is 0 Å². The van der Waals surface area contributed by atoms with E-state index in [0.29, 0.717) is 35.7 Å². The number of pyridine rings is 1. The summed E-state index contributed by atoms with van der Waals surface area (Å²) in [5, 5.41) is 3.01. The van der Waals surface area contributed by atoms with Crippen LogP contribution >= 0.6 is 11.6 Å². The fourth-order valence-corrected chi connectivity index (χ4v) is 3.04. The lowest BCUT2D eigenvalue weighted by atomic mass is 10.1. The molecule has 142 valence electrons. The molecular weight excluding hydrogens is 368 g/mol. The first kappa shape index (κ1) is 19.1. The Morgan fingerprint density at radius 2 is 1.85 bits per heavy atom. The molecule has 8 heteroatoms. The number of benzene rings is 1. The highest BCUT2D eigenvalue weighted by Gasteiger charge is 2.21. The fraction of sp³-hybridized carbons (Fsp3) is 0.316. The molecule has 0 saturated carbocycles. The summed E-state index contributed by atoms with van der Waals surface area (Å²) in [4.78, 5) is 33.2. The van der Waals surface area contributed by atoms with Crippen molar-refractivity contribution < 1.29 is 14.3 Å². The molecule has 0 unspecified atom stereocenters. The number of nitrogens with zero attached hydrogens (tertiary/aromatic N) is 3. The van der Waals surface area contributed by atoms with Gasteiger partial charge >= 0.3 is 0 Å². The van der Waals surface area contributed by atoms with Crippen molar-refractivity contribution in [2.75, 3.05) is 45.7 Å². The Hall–Kier alpha value is -2.64. The summed E-state index contributed by atoms with van der Waals surface area (Å²) in [5.41, 5.74) is 1.30. The number of piperazine rings is 1. The van der Waals surface area contributed by atoms with Crippen LogP contribution in [0.15, 0.2) is 36.5 Å². The first-order valence-corrected chi connectivity index (χ1v) is 8.94. The molecule has 0 bridgehead atoms. The summed E-state index contributed by atoms with van der Waals surface area (Å²) < 4.78 is 5.32. The molecule has 0 atom stereocenters. The van der Waals surface area contributed by atoms with Gasteiger partial charge in [0, 0.05) is 43.5 Å². The van der Waals surface area contributed by atoms with Gasteiger partial charge < -0.3 is 19.9 Å². The highest BCUT2D eigenvalue weighted by atomic mass is 35.5. The number of methoxy groups -OCH3 is 1. The van der Waals surface area contributed by atoms with Gasteiger partial charge in [-0.05, 0) is 37.4 Å². The molecule has 1 fully saturated rings. The molecule has 3 rings (SSSR count). The Balaban J connectivity index is 1.81. The normalized spacial score (nSPS) is 14.7. The molecular formula is C19H21ClN4O3. The topological polar surface area (TPSA) is 74.8 Å². The lowest BCUT2D eigenvalue weighted by molar-refractivity contribution is 0.0664. The van der Waals surface area contributed by atoms with Crippen LogP contribution < -0.4 is 10.1 Å². The van der Waals surface area contributed by atoms with Crippen LogP contribution in [0.25, 0.3) is 0 Å². The third-order valence-electron chi connectivity index (χ3n) is 4.47. The van der Waals surface area contributed by atoms with E-state index in [1.54, 1.807) is 24.3 Å². The second kappa shape index (κ2) is 8.37. The van der Waals surface area contributed by atoms with Crippen LogP contribution in [0.2, 0.25) is 5.15 Å². The monoisotopic (exact) mass is 388 g/mol. The SMILES string of the molecule is COc1ccc(C(=O)N2CCN(C)CC2)cc1NC(=O)c1ccnc(Cl)c1. The lowest BCUT2D eigenvalue weighted by Gasteiger charge is -2.32. The minimum absolute atomic E-state index is 0.0618. The minimum atomic E-state index is -0.359. The standard InChI is InChI=1S/C19H21ClN4O3/c1-23-7-9-24(10-8-23)19(26)14-3-4-16(27-2)15(11-14)22-18(25)13-5-6-21-17(20)12-13/h3-6,11-12H,7-10H2,1-2H3,(H,22,25). The highest BCUT2D eigenvalue weighted by Crippen LogP contribution is 2.27. The molecule has 1 aliphatic heterocycles. The summed E-state index contributed by atoms with van der Waals surface area (Å²) in [6.07, 6.45) is 1.46. The quantitative estimate of drug-likeness (QED) is 0.814. The Bertz CT molecular complexity index is 851. The van der Waals surface area contributed by atoms with Crippen LogP contribution in [0.3, 0.4) is 0 Å². The van der Waals surface area contributed by atoms with E-state index < -0.39 is 0 Å². The van der Waals surface area contributed by atoms with E-state index in [2.05, 4.69) is 15.2 Å². The number of rotatable bonds is 4. The van der Waals surface area contributed by atoms with Crippen LogP contribution in [0, 0.1) is 0 Å². The first-order chi connectivity index (χ1) is 13.0. The number of carbonyl (C=O) groups is 2. The molecule has 1 N–H and O–H groups in total. The van der Waals surface area contributed by atoms with Crippen molar-refractivity contribution in [3.63, 3.8) is 0 Å². The summed E-state index contributed by atoms with van der Waals surface area (Å²) in [7, 11) is 3.55. The van der Waals surface area contributed by atoms with Crippen molar-refractivity contribution in [3.8, 4) is 5.75 Å². The van der Waals surface area contributed by atoms with Gasteiger partial charge in [-0.2, -0.15) is 0 Å². The lowest BCUT2D eigenvalue weighted by Crippen LogP contribution is -2.47. The second-order valence-electron chi connectivity index (χ2n) is 6.33. The third kappa shape index (κ3) is 4.56. The fourth-order valence-electron chi connectivity index (χ4n) is 2.87. The third-order valence-corrected chi connectivity index (χ3v) is 4.68. The molecule has 1 aromatic carbocycles. The number of hydrogen-bond donors (Lipinski definition) is 1. The van der Waals surface area contributed by atoms with Crippen molar-refractivity contribution in [2.45, 2.75) is 0 Å². The predicted octanol–water partition coefficient (Wildman–Crippen LogP) is 2.38. The average Bonchev–Trinajstić information content (AvgIpc) is 2.68. The molecule has 1 aliphatic rings. The number of ether oxygens (including phenoxy) is 1. The Morgan fingerprint density at radius 3 is 2.52 bits per heavy atom.